The van der Waals surface area contributed by atoms with Crippen LogP contribution in [-0.2, 0) is 6.42 Å². The normalized spacial score (nSPS) is 30.5. The molecule has 3 aliphatic carbocycles. The van der Waals surface area contributed by atoms with Crippen molar-refractivity contribution in [3.8, 4) is 5.75 Å². The van der Waals surface area contributed by atoms with Crippen molar-refractivity contribution in [2.45, 2.75) is 51.6 Å². The van der Waals surface area contributed by atoms with E-state index >= 15 is 0 Å². The van der Waals surface area contributed by atoms with Crippen molar-refractivity contribution >= 4 is 17.6 Å². The molecule has 7 heteroatoms. The van der Waals surface area contributed by atoms with Crippen LogP contribution in [0, 0.1) is 29.5 Å². The lowest BCUT2D eigenvalue weighted by molar-refractivity contribution is 0.102. The summed E-state index contributed by atoms with van der Waals surface area (Å²) >= 11 is 0. The van der Waals surface area contributed by atoms with Gasteiger partial charge in [-0.25, -0.2) is 4.39 Å². The molecule has 5 atom stereocenters. The summed E-state index contributed by atoms with van der Waals surface area (Å²) in [5, 5.41) is 2.77. The fourth-order valence-electron chi connectivity index (χ4n) is 5.61. The summed E-state index contributed by atoms with van der Waals surface area (Å²) in [6.07, 6.45) is 6.56. The SMILES string of the molecule is CCc1oc(N2CC3CCC3C2)nc1C(=O)Nc1ccc(OC2CC3C[C@H]3C2)c(F)c1. The van der Waals surface area contributed by atoms with Gasteiger partial charge in [0.2, 0.25) is 0 Å². The van der Waals surface area contributed by atoms with E-state index in [1.807, 2.05) is 6.92 Å². The first-order valence-corrected chi connectivity index (χ1v) is 11.6. The molecule has 164 valence electrons. The number of hydrogen-bond acceptors (Lipinski definition) is 5. The topological polar surface area (TPSA) is 67.6 Å². The minimum Gasteiger partial charge on any atom is -0.487 e. The van der Waals surface area contributed by atoms with Gasteiger partial charge in [-0.1, -0.05) is 6.92 Å². The summed E-state index contributed by atoms with van der Waals surface area (Å²) in [5.41, 5.74) is 0.664. The average molecular weight is 426 g/mol. The Hall–Kier alpha value is -2.57. The Morgan fingerprint density at radius 1 is 1.19 bits per heavy atom. The zero-order valence-electron chi connectivity index (χ0n) is 17.8. The molecule has 31 heavy (non-hydrogen) atoms. The number of nitrogens with one attached hydrogen (secondary N) is 1. The molecule has 0 radical (unpaired) electrons. The number of carbonyl (C=O) groups is 1. The van der Waals surface area contributed by atoms with E-state index in [0.29, 0.717) is 23.9 Å². The van der Waals surface area contributed by atoms with Crippen LogP contribution in [0.2, 0.25) is 0 Å². The van der Waals surface area contributed by atoms with E-state index < -0.39 is 5.82 Å². The first-order chi connectivity index (χ1) is 15.1. The summed E-state index contributed by atoms with van der Waals surface area (Å²) in [7, 11) is 0. The Labute approximate surface area is 181 Å². The molecule has 3 saturated carbocycles. The van der Waals surface area contributed by atoms with Gasteiger partial charge in [-0.05, 0) is 67.9 Å². The number of ether oxygens (including phenoxy) is 1. The smallest absolute Gasteiger partial charge is 0.298 e. The highest BCUT2D eigenvalue weighted by Crippen LogP contribution is 2.52. The minimum atomic E-state index is -0.456. The maximum Gasteiger partial charge on any atom is 0.298 e. The Bertz CT molecular complexity index is 999. The largest absolute Gasteiger partial charge is 0.487 e. The van der Waals surface area contributed by atoms with Gasteiger partial charge >= 0.3 is 0 Å². The third-order valence-corrected chi connectivity index (χ3v) is 7.66. The quantitative estimate of drug-likeness (QED) is 0.730. The number of hydrogen-bond donors (Lipinski definition) is 1. The molecule has 2 aromatic rings. The van der Waals surface area contributed by atoms with Crippen molar-refractivity contribution < 1.29 is 18.3 Å². The highest BCUT2D eigenvalue weighted by atomic mass is 19.1. The summed E-state index contributed by atoms with van der Waals surface area (Å²) in [5.74, 6) is 3.00. The van der Waals surface area contributed by atoms with Crippen LogP contribution in [0.1, 0.15) is 55.3 Å². The molecule has 4 aliphatic rings. The maximum atomic E-state index is 14.6. The maximum absolute atomic E-state index is 14.6. The number of fused-ring (bicyclic) bond motifs is 2. The van der Waals surface area contributed by atoms with Crippen molar-refractivity contribution in [3.05, 3.63) is 35.5 Å². The summed E-state index contributed by atoms with van der Waals surface area (Å²) in [4.78, 5) is 19.5. The number of carbonyl (C=O) groups excluding carboxylic acids is 1. The first kappa shape index (κ1) is 19.1. The summed E-state index contributed by atoms with van der Waals surface area (Å²) < 4.78 is 26.4. The van der Waals surface area contributed by atoms with Crippen LogP contribution in [0.3, 0.4) is 0 Å². The van der Waals surface area contributed by atoms with E-state index in [1.165, 1.54) is 25.3 Å². The highest BCUT2D eigenvalue weighted by molar-refractivity contribution is 6.03. The summed E-state index contributed by atoms with van der Waals surface area (Å²) in [6.45, 7) is 3.84. The second-order valence-electron chi connectivity index (χ2n) is 9.69. The van der Waals surface area contributed by atoms with Crippen LogP contribution in [0.15, 0.2) is 22.6 Å². The van der Waals surface area contributed by atoms with Crippen molar-refractivity contribution in [1.29, 1.82) is 0 Å². The number of halogens is 1. The Morgan fingerprint density at radius 3 is 2.58 bits per heavy atom. The van der Waals surface area contributed by atoms with Crippen molar-refractivity contribution in [3.63, 3.8) is 0 Å². The number of anilines is 2. The lowest BCUT2D eigenvalue weighted by Crippen LogP contribution is -2.22. The molecular formula is C24H28FN3O3. The molecule has 1 N–H and O–H groups in total. The average Bonchev–Trinajstić information content (AvgIpc) is 3.06. The Kier molecular flexibility index (Phi) is 4.47. The van der Waals surface area contributed by atoms with Gasteiger partial charge < -0.3 is 19.4 Å². The van der Waals surface area contributed by atoms with Crippen molar-refractivity contribution in [2.24, 2.45) is 23.7 Å². The van der Waals surface area contributed by atoms with Gasteiger partial charge in [0.15, 0.2) is 17.3 Å². The lowest BCUT2D eigenvalue weighted by Gasteiger charge is -2.27. The molecule has 1 saturated heterocycles. The number of aryl methyl sites for hydroxylation is 1. The van der Waals surface area contributed by atoms with Gasteiger partial charge in [0, 0.05) is 31.3 Å². The summed E-state index contributed by atoms with van der Waals surface area (Å²) in [6, 6.07) is 5.12. The predicted molar refractivity (Wildman–Crippen MR) is 114 cm³/mol. The lowest BCUT2D eigenvalue weighted by atomic mass is 9.77. The number of rotatable bonds is 6. The van der Waals surface area contributed by atoms with Gasteiger partial charge in [0.1, 0.15) is 5.76 Å². The molecule has 4 fully saturated rings. The minimum absolute atomic E-state index is 0.111. The van der Waals surface area contributed by atoms with Crippen molar-refractivity contribution in [2.75, 3.05) is 23.3 Å². The van der Waals surface area contributed by atoms with Crippen LogP contribution >= 0.6 is 0 Å². The number of aromatic nitrogens is 1. The fraction of sp³-hybridized carbons (Fsp3) is 0.583. The molecule has 6 rings (SSSR count). The van der Waals surface area contributed by atoms with Gasteiger partial charge in [0.05, 0.1) is 6.10 Å². The van der Waals surface area contributed by atoms with Crippen LogP contribution in [0.4, 0.5) is 16.1 Å². The molecule has 1 amide bonds. The third kappa shape index (κ3) is 3.48. The van der Waals surface area contributed by atoms with E-state index in [2.05, 4.69) is 15.2 Å². The number of nitrogens with zero attached hydrogens (tertiary/aromatic N) is 2. The van der Waals surface area contributed by atoms with Crippen LogP contribution in [0.25, 0.3) is 0 Å². The number of benzene rings is 1. The molecule has 2 heterocycles. The molecular weight excluding hydrogens is 397 g/mol. The standard InChI is InChI=1S/C24H28FN3O3/c1-2-20-22(27-24(31-20)28-11-13-3-4-14(13)12-28)23(29)26-17-5-6-21(19(25)10-17)30-18-8-15-7-16(15)9-18/h5-6,10,13-16,18H,2-4,7-9,11-12H2,1H3,(H,26,29)/t13?,14?,15-,16?,18?/m0/s1. The molecule has 1 aromatic carbocycles. The van der Waals surface area contributed by atoms with Gasteiger partial charge in [-0.2, -0.15) is 4.98 Å². The zero-order chi connectivity index (χ0) is 21.1. The molecule has 0 bridgehead atoms. The monoisotopic (exact) mass is 425 g/mol. The van der Waals surface area contributed by atoms with E-state index in [0.717, 1.165) is 49.6 Å². The van der Waals surface area contributed by atoms with Crippen LogP contribution in [-0.4, -0.2) is 30.1 Å². The number of amides is 1. The highest BCUT2D eigenvalue weighted by Gasteiger charge is 2.47. The molecule has 6 nitrogen and oxygen atoms in total. The van der Waals surface area contributed by atoms with Crippen LogP contribution in [0.5, 0.6) is 5.75 Å². The Morgan fingerprint density at radius 2 is 1.94 bits per heavy atom. The fourth-order valence-corrected chi connectivity index (χ4v) is 5.61. The second-order valence-corrected chi connectivity index (χ2v) is 9.69. The van der Waals surface area contributed by atoms with E-state index in [4.69, 9.17) is 9.15 Å². The zero-order valence-corrected chi connectivity index (χ0v) is 17.8. The van der Waals surface area contributed by atoms with E-state index in [-0.39, 0.29) is 23.5 Å². The molecule has 1 aliphatic heterocycles. The number of oxazole rings is 1. The van der Waals surface area contributed by atoms with Gasteiger partial charge in [0.25, 0.3) is 11.9 Å². The van der Waals surface area contributed by atoms with E-state index in [9.17, 15) is 9.18 Å². The third-order valence-electron chi connectivity index (χ3n) is 7.66. The Balaban J connectivity index is 1.14. The second kappa shape index (κ2) is 7.24. The van der Waals surface area contributed by atoms with Crippen LogP contribution < -0.4 is 15.0 Å². The van der Waals surface area contributed by atoms with Gasteiger partial charge in [-0.15, -0.1) is 0 Å². The first-order valence-electron chi connectivity index (χ1n) is 11.6. The van der Waals surface area contributed by atoms with E-state index in [1.54, 1.807) is 12.1 Å². The van der Waals surface area contributed by atoms with Crippen molar-refractivity contribution in [1.82, 2.24) is 4.98 Å². The molecule has 1 aromatic heterocycles. The van der Waals surface area contributed by atoms with Gasteiger partial charge in [-0.3, -0.25) is 4.79 Å². The predicted octanol–water partition coefficient (Wildman–Crippen LogP) is 4.65. The molecule has 0 spiro atoms. The molecule has 4 unspecified atom stereocenters.